The Kier molecular flexibility index (Phi) is 6.58. The van der Waals surface area contributed by atoms with Gasteiger partial charge in [0.2, 0.25) is 5.91 Å². The van der Waals surface area contributed by atoms with Gasteiger partial charge in [-0.3, -0.25) is 9.69 Å². The van der Waals surface area contributed by atoms with E-state index in [-0.39, 0.29) is 11.3 Å². The third kappa shape index (κ3) is 4.07. The smallest absolute Gasteiger partial charge is 0.238 e. The van der Waals surface area contributed by atoms with Crippen LogP contribution in [0.3, 0.4) is 0 Å². The van der Waals surface area contributed by atoms with Gasteiger partial charge in [-0.1, -0.05) is 18.5 Å². The lowest BCUT2D eigenvalue weighted by Crippen LogP contribution is -2.27. The Morgan fingerprint density at radius 1 is 1.31 bits per heavy atom. The SMILES string of the molecule is CCCOc1c(I)cc([C@@H]2SCC(=O)N2c2ccc(Cl)cc2)cc1OC. The zero-order valence-corrected chi connectivity index (χ0v) is 18.2. The zero-order valence-electron chi connectivity index (χ0n) is 14.5. The second-order valence-electron chi connectivity index (χ2n) is 5.79. The number of amides is 1. The van der Waals surface area contributed by atoms with Crippen molar-refractivity contribution < 1.29 is 14.3 Å². The van der Waals surface area contributed by atoms with Crippen LogP contribution >= 0.6 is 46.0 Å². The lowest BCUT2D eigenvalue weighted by Gasteiger charge is -2.25. The maximum absolute atomic E-state index is 12.5. The van der Waals surface area contributed by atoms with Crippen molar-refractivity contribution >= 4 is 57.5 Å². The number of carbonyl (C=O) groups is 1. The molecule has 1 fully saturated rings. The summed E-state index contributed by atoms with van der Waals surface area (Å²) in [4.78, 5) is 14.3. The van der Waals surface area contributed by atoms with Crippen LogP contribution in [0, 0.1) is 3.57 Å². The summed E-state index contributed by atoms with van der Waals surface area (Å²) in [5.41, 5.74) is 1.86. The second-order valence-corrected chi connectivity index (χ2v) is 8.45. The first kappa shape index (κ1) is 19.6. The van der Waals surface area contributed by atoms with E-state index in [0.29, 0.717) is 23.1 Å². The van der Waals surface area contributed by atoms with Gasteiger partial charge in [0.25, 0.3) is 0 Å². The number of anilines is 1. The Labute approximate surface area is 176 Å². The van der Waals surface area contributed by atoms with E-state index in [1.807, 2.05) is 23.1 Å². The molecule has 1 amide bonds. The summed E-state index contributed by atoms with van der Waals surface area (Å²) >= 11 is 9.85. The van der Waals surface area contributed by atoms with Crippen LogP contribution in [0.4, 0.5) is 5.69 Å². The number of methoxy groups -OCH3 is 1. The molecule has 0 spiro atoms. The van der Waals surface area contributed by atoms with Gasteiger partial charge in [-0.25, -0.2) is 0 Å². The molecule has 1 heterocycles. The highest BCUT2D eigenvalue weighted by molar-refractivity contribution is 14.1. The maximum atomic E-state index is 12.5. The number of nitrogens with zero attached hydrogens (tertiary/aromatic N) is 1. The molecule has 3 rings (SSSR count). The first-order valence-corrected chi connectivity index (χ1v) is 10.7. The standard InChI is InChI=1S/C19H19ClINO3S/c1-3-8-25-18-15(21)9-12(10-16(18)24-2)19-22(17(23)11-26-19)14-6-4-13(20)5-7-14/h4-7,9-10,19H,3,8,11H2,1-2H3/t19-/m0/s1. The summed E-state index contributed by atoms with van der Waals surface area (Å²) in [5.74, 6) is 1.98. The molecule has 0 N–H and O–H groups in total. The molecular weight excluding hydrogens is 485 g/mol. The van der Waals surface area contributed by atoms with Gasteiger partial charge >= 0.3 is 0 Å². The van der Waals surface area contributed by atoms with Crippen LogP contribution in [0.5, 0.6) is 11.5 Å². The van der Waals surface area contributed by atoms with Gasteiger partial charge in [0.1, 0.15) is 5.37 Å². The monoisotopic (exact) mass is 503 g/mol. The van der Waals surface area contributed by atoms with Gasteiger partial charge in [-0.15, -0.1) is 11.8 Å². The summed E-state index contributed by atoms with van der Waals surface area (Å²) in [6, 6.07) is 11.4. The van der Waals surface area contributed by atoms with Crippen LogP contribution in [0.15, 0.2) is 36.4 Å². The van der Waals surface area contributed by atoms with Gasteiger partial charge in [0.15, 0.2) is 11.5 Å². The van der Waals surface area contributed by atoms with Crippen LogP contribution in [-0.2, 0) is 4.79 Å². The highest BCUT2D eigenvalue weighted by atomic mass is 127. The fraction of sp³-hybridized carbons (Fsp3) is 0.316. The van der Waals surface area contributed by atoms with Gasteiger partial charge in [-0.05, 0) is 71.0 Å². The number of ether oxygens (including phenoxy) is 2. The predicted octanol–water partition coefficient (Wildman–Crippen LogP) is 5.52. The van der Waals surface area contributed by atoms with Gasteiger partial charge in [0.05, 0.1) is 23.0 Å². The average Bonchev–Trinajstić information content (AvgIpc) is 3.02. The van der Waals surface area contributed by atoms with E-state index in [0.717, 1.165) is 27.0 Å². The predicted molar refractivity (Wildman–Crippen MR) is 116 cm³/mol. The zero-order chi connectivity index (χ0) is 18.7. The van der Waals surface area contributed by atoms with E-state index in [1.54, 1.807) is 31.0 Å². The molecule has 1 aliphatic heterocycles. The molecule has 2 aromatic rings. The van der Waals surface area contributed by atoms with E-state index >= 15 is 0 Å². The second kappa shape index (κ2) is 8.71. The van der Waals surface area contributed by atoms with Crippen LogP contribution in [-0.4, -0.2) is 25.4 Å². The maximum Gasteiger partial charge on any atom is 0.238 e. The third-order valence-corrected chi connectivity index (χ3v) is 6.23. The Morgan fingerprint density at radius 3 is 2.69 bits per heavy atom. The Bertz CT molecular complexity index is 800. The van der Waals surface area contributed by atoms with E-state index in [1.165, 1.54) is 0 Å². The minimum Gasteiger partial charge on any atom is -0.493 e. The molecule has 2 aromatic carbocycles. The van der Waals surface area contributed by atoms with Gasteiger partial charge < -0.3 is 9.47 Å². The number of rotatable bonds is 6. The van der Waals surface area contributed by atoms with E-state index in [2.05, 4.69) is 35.6 Å². The summed E-state index contributed by atoms with van der Waals surface area (Å²) in [7, 11) is 1.64. The summed E-state index contributed by atoms with van der Waals surface area (Å²) in [5, 5.41) is 0.546. The number of benzene rings is 2. The first-order valence-electron chi connectivity index (χ1n) is 8.24. The Balaban J connectivity index is 1.97. The molecule has 4 nitrogen and oxygen atoms in total. The largest absolute Gasteiger partial charge is 0.493 e. The van der Waals surface area contributed by atoms with E-state index in [4.69, 9.17) is 21.1 Å². The highest BCUT2D eigenvalue weighted by Gasteiger charge is 2.35. The van der Waals surface area contributed by atoms with Crippen molar-refractivity contribution in [3.8, 4) is 11.5 Å². The molecule has 0 bridgehead atoms. The number of hydrogen-bond donors (Lipinski definition) is 0. The number of carbonyl (C=O) groups excluding carboxylic acids is 1. The molecule has 1 aliphatic rings. The molecule has 0 saturated carbocycles. The average molecular weight is 504 g/mol. The molecule has 138 valence electrons. The number of hydrogen-bond acceptors (Lipinski definition) is 4. The van der Waals surface area contributed by atoms with Crippen LogP contribution in [0.1, 0.15) is 24.3 Å². The molecule has 0 radical (unpaired) electrons. The van der Waals surface area contributed by atoms with Crippen molar-refractivity contribution in [3.05, 3.63) is 50.6 Å². The number of halogens is 2. The summed E-state index contributed by atoms with van der Waals surface area (Å²) < 4.78 is 12.4. The van der Waals surface area contributed by atoms with E-state index < -0.39 is 0 Å². The quantitative estimate of drug-likeness (QED) is 0.487. The Hall–Kier alpha value is -1.12. The normalized spacial score (nSPS) is 16.8. The highest BCUT2D eigenvalue weighted by Crippen LogP contribution is 2.45. The van der Waals surface area contributed by atoms with Gasteiger partial charge in [0, 0.05) is 10.7 Å². The number of thioether (sulfide) groups is 1. The van der Waals surface area contributed by atoms with E-state index in [9.17, 15) is 4.79 Å². The molecule has 7 heteroatoms. The lowest BCUT2D eigenvalue weighted by molar-refractivity contribution is -0.115. The van der Waals surface area contributed by atoms with Crippen molar-refractivity contribution in [1.82, 2.24) is 0 Å². The van der Waals surface area contributed by atoms with Gasteiger partial charge in [-0.2, -0.15) is 0 Å². The van der Waals surface area contributed by atoms with Crippen LogP contribution in [0.25, 0.3) is 0 Å². The topological polar surface area (TPSA) is 38.8 Å². The van der Waals surface area contributed by atoms with Crippen LogP contribution in [0.2, 0.25) is 5.02 Å². The molecule has 1 saturated heterocycles. The minimum absolute atomic E-state index is 0.0857. The van der Waals surface area contributed by atoms with Crippen molar-refractivity contribution in [2.24, 2.45) is 0 Å². The molecule has 0 unspecified atom stereocenters. The lowest BCUT2D eigenvalue weighted by atomic mass is 10.1. The van der Waals surface area contributed by atoms with Crippen molar-refractivity contribution in [2.45, 2.75) is 18.7 Å². The van der Waals surface area contributed by atoms with Crippen molar-refractivity contribution in [3.63, 3.8) is 0 Å². The molecule has 0 aliphatic carbocycles. The van der Waals surface area contributed by atoms with Crippen molar-refractivity contribution in [2.75, 3.05) is 24.4 Å². The van der Waals surface area contributed by atoms with Crippen LogP contribution < -0.4 is 14.4 Å². The third-order valence-electron chi connectivity index (χ3n) is 3.96. The fourth-order valence-corrected chi connectivity index (χ4v) is 4.84. The molecule has 0 aromatic heterocycles. The molecular formula is C19H19ClINO3S. The minimum atomic E-state index is -0.105. The first-order chi connectivity index (χ1) is 12.5. The summed E-state index contributed by atoms with van der Waals surface area (Å²) in [6.07, 6.45) is 0.929. The Morgan fingerprint density at radius 2 is 2.04 bits per heavy atom. The fourth-order valence-electron chi connectivity index (χ4n) is 2.78. The summed E-state index contributed by atoms with van der Waals surface area (Å²) in [6.45, 7) is 2.71. The van der Waals surface area contributed by atoms with Crippen molar-refractivity contribution in [1.29, 1.82) is 0 Å². The molecule has 1 atom stereocenters. The molecule has 26 heavy (non-hydrogen) atoms.